The molecule has 2 aromatic carbocycles. The first-order valence-electron chi connectivity index (χ1n) is 5.75. The molecule has 0 spiro atoms. The Morgan fingerprint density at radius 2 is 1.83 bits per heavy atom. The maximum atomic E-state index is 5.39. The Labute approximate surface area is 106 Å². The van der Waals surface area contributed by atoms with Crippen molar-refractivity contribution < 1.29 is 14.3 Å². The number of methoxy groups -OCH3 is 2. The van der Waals surface area contributed by atoms with E-state index in [9.17, 15) is 0 Å². The van der Waals surface area contributed by atoms with Gasteiger partial charge in [0.05, 0.1) is 20.8 Å². The van der Waals surface area contributed by atoms with Crippen LogP contribution in [-0.4, -0.2) is 20.8 Å². The van der Waals surface area contributed by atoms with Gasteiger partial charge in [-0.25, -0.2) is 5.90 Å². The Morgan fingerprint density at radius 3 is 2.50 bits per heavy atom. The summed E-state index contributed by atoms with van der Waals surface area (Å²) in [7, 11) is 3.32. The summed E-state index contributed by atoms with van der Waals surface area (Å²) in [5.41, 5.74) is 1.08. The lowest BCUT2D eigenvalue weighted by Crippen LogP contribution is -2.05. The molecule has 4 heteroatoms. The van der Waals surface area contributed by atoms with Crippen molar-refractivity contribution in [2.75, 3.05) is 20.8 Å². The maximum Gasteiger partial charge on any atom is 0.122 e. The molecular weight excluding hydrogens is 230 g/mol. The monoisotopic (exact) mass is 247 g/mol. The summed E-state index contributed by atoms with van der Waals surface area (Å²) in [5.74, 6) is 6.77. The van der Waals surface area contributed by atoms with Gasteiger partial charge in [-0.15, -0.1) is 0 Å². The molecule has 0 aliphatic rings. The standard InChI is InChI=1S/C14H17NO3/c1-16-11-5-3-10-4-6-14(17-2)12(7-8-18-15)13(10)9-11/h3-6,9H,7-8,15H2,1-2H3. The van der Waals surface area contributed by atoms with Gasteiger partial charge in [-0.1, -0.05) is 12.1 Å². The van der Waals surface area contributed by atoms with Gasteiger partial charge in [0.2, 0.25) is 0 Å². The van der Waals surface area contributed by atoms with Crippen molar-refractivity contribution in [3.63, 3.8) is 0 Å². The number of nitrogens with two attached hydrogens (primary N) is 1. The van der Waals surface area contributed by atoms with Crippen LogP contribution in [-0.2, 0) is 11.3 Å². The largest absolute Gasteiger partial charge is 0.497 e. The molecule has 0 atom stereocenters. The minimum Gasteiger partial charge on any atom is -0.497 e. The Hall–Kier alpha value is -1.78. The molecule has 2 N–H and O–H groups in total. The molecule has 2 rings (SSSR count). The van der Waals surface area contributed by atoms with E-state index >= 15 is 0 Å². The highest BCUT2D eigenvalue weighted by Crippen LogP contribution is 2.31. The van der Waals surface area contributed by atoms with Crippen molar-refractivity contribution in [1.82, 2.24) is 0 Å². The molecule has 0 aromatic heterocycles. The summed E-state index contributed by atoms with van der Waals surface area (Å²) >= 11 is 0. The number of rotatable bonds is 5. The quantitative estimate of drug-likeness (QED) is 0.824. The summed E-state index contributed by atoms with van der Waals surface area (Å²) in [6.07, 6.45) is 0.699. The number of hydrogen-bond acceptors (Lipinski definition) is 4. The van der Waals surface area contributed by atoms with Crippen LogP contribution < -0.4 is 15.4 Å². The molecule has 0 unspecified atom stereocenters. The molecule has 0 saturated heterocycles. The van der Waals surface area contributed by atoms with Crippen molar-refractivity contribution >= 4 is 10.8 Å². The fourth-order valence-corrected chi connectivity index (χ4v) is 2.08. The minimum absolute atomic E-state index is 0.451. The Kier molecular flexibility index (Phi) is 4.02. The fraction of sp³-hybridized carbons (Fsp3) is 0.286. The average molecular weight is 247 g/mol. The van der Waals surface area contributed by atoms with Crippen LogP contribution in [0.4, 0.5) is 0 Å². The summed E-state index contributed by atoms with van der Waals surface area (Å²) in [4.78, 5) is 4.66. The predicted molar refractivity (Wildman–Crippen MR) is 70.9 cm³/mol. The van der Waals surface area contributed by atoms with Crippen LogP contribution in [0.15, 0.2) is 30.3 Å². The second kappa shape index (κ2) is 5.71. The first-order valence-corrected chi connectivity index (χ1v) is 5.75. The van der Waals surface area contributed by atoms with E-state index in [0.717, 1.165) is 27.8 Å². The molecule has 0 aliphatic heterocycles. The lowest BCUT2D eigenvalue weighted by Gasteiger charge is -2.12. The topological polar surface area (TPSA) is 53.7 Å². The van der Waals surface area contributed by atoms with E-state index < -0.39 is 0 Å². The lowest BCUT2D eigenvalue weighted by molar-refractivity contribution is 0.141. The molecular formula is C14H17NO3. The van der Waals surface area contributed by atoms with E-state index in [1.807, 2.05) is 30.3 Å². The van der Waals surface area contributed by atoms with Crippen LogP contribution in [0.5, 0.6) is 11.5 Å². The summed E-state index contributed by atoms with van der Waals surface area (Å²) < 4.78 is 10.6. The lowest BCUT2D eigenvalue weighted by atomic mass is 10.0. The van der Waals surface area contributed by atoms with Crippen LogP contribution >= 0.6 is 0 Å². The first kappa shape index (κ1) is 12.7. The van der Waals surface area contributed by atoms with Gasteiger partial charge in [0.25, 0.3) is 0 Å². The molecule has 0 aliphatic carbocycles. The zero-order valence-electron chi connectivity index (χ0n) is 10.6. The van der Waals surface area contributed by atoms with Crippen molar-refractivity contribution in [3.8, 4) is 11.5 Å². The Balaban J connectivity index is 2.58. The van der Waals surface area contributed by atoms with Crippen LogP contribution in [0.1, 0.15) is 5.56 Å². The molecule has 4 nitrogen and oxygen atoms in total. The SMILES string of the molecule is COc1ccc2ccc(OC)c(CCON)c2c1. The van der Waals surface area contributed by atoms with Crippen molar-refractivity contribution in [2.45, 2.75) is 6.42 Å². The van der Waals surface area contributed by atoms with Crippen LogP contribution in [0.2, 0.25) is 0 Å². The minimum atomic E-state index is 0.451. The van der Waals surface area contributed by atoms with Gasteiger partial charge < -0.3 is 14.3 Å². The van der Waals surface area contributed by atoms with Gasteiger partial charge >= 0.3 is 0 Å². The van der Waals surface area contributed by atoms with E-state index in [4.69, 9.17) is 15.4 Å². The van der Waals surface area contributed by atoms with E-state index in [0.29, 0.717) is 13.0 Å². The van der Waals surface area contributed by atoms with Gasteiger partial charge in [-0.3, -0.25) is 0 Å². The highest BCUT2D eigenvalue weighted by molar-refractivity contribution is 5.89. The normalized spacial score (nSPS) is 10.6. The Bertz CT molecular complexity index is 535. The second-order valence-electron chi connectivity index (χ2n) is 3.95. The van der Waals surface area contributed by atoms with Crippen LogP contribution in [0.25, 0.3) is 10.8 Å². The van der Waals surface area contributed by atoms with Crippen molar-refractivity contribution in [3.05, 3.63) is 35.9 Å². The number of hydrogen-bond donors (Lipinski definition) is 1. The number of benzene rings is 2. The van der Waals surface area contributed by atoms with Crippen LogP contribution in [0.3, 0.4) is 0 Å². The van der Waals surface area contributed by atoms with Crippen molar-refractivity contribution in [2.24, 2.45) is 5.90 Å². The molecule has 0 fully saturated rings. The number of fused-ring (bicyclic) bond motifs is 1. The van der Waals surface area contributed by atoms with E-state index in [1.165, 1.54) is 0 Å². The zero-order chi connectivity index (χ0) is 13.0. The van der Waals surface area contributed by atoms with E-state index in [2.05, 4.69) is 4.84 Å². The first-order chi connectivity index (χ1) is 8.80. The van der Waals surface area contributed by atoms with Gasteiger partial charge in [-0.2, -0.15) is 0 Å². The predicted octanol–water partition coefficient (Wildman–Crippen LogP) is 2.29. The zero-order valence-corrected chi connectivity index (χ0v) is 10.6. The maximum absolute atomic E-state index is 5.39. The second-order valence-corrected chi connectivity index (χ2v) is 3.95. The number of ether oxygens (including phenoxy) is 2. The summed E-state index contributed by atoms with van der Waals surface area (Å²) in [6, 6.07) is 9.96. The third-order valence-corrected chi connectivity index (χ3v) is 2.99. The third kappa shape index (κ3) is 2.39. The molecule has 2 aromatic rings. The van der Waals surface area contributed by atoms with Crippen molar-refractivity contribution in [1.29, 1.82) is 0 Å². The third-order valence-electron chi connectivity index (χ3n) is 2.99. The molecule has 18 heavy (non-hydrogen) atoms. The van der Waals surface area contributed by atoms with Gasteiger partial charge in [-0.05, 0) is 29.0 Å². The smallest absolute Gasteiger partial charge is 0.122 e. The highest BCUT2D eigenvalue weighted by Gasteiger charge is 2.09. The van der Waals surface area contributed by atoms with Gasteiger partial charge in [0.15, 0.2) is 0 Å². The Morgan fingerprint density at radius 1 is 1.06 bits per heavy atom. The van der Waals surface area contributed by atoms with Gasteiger partial charge in [0.1, 0.15) is 11.5 Å². The van der Waals surface area contributed by atoms with Crippen LogP contribution in [0, 0.1) is 0 Å². The summed E-state index contributed by atoms with van der Waals surface area (Å²) in [5, 5.41) is 2.24. The molecule has 0 bridgehead atoms. The average Bonchev–Trinajstić information content (AvgIpc) is 2.43. The summed E-state index contributed by atoms with van der Waals surface area (Å²) in [6.45, 7) is 0.451. The molecule has 0 amide bonds. The molecule has 0 saturated carbocycles. The molecule has 0 radical (unpaired) electrons. The fourth-order valence-electron chi connectivity index (χ4n) is 2.08. The molecule has 96 valence electrons. The highest BCUT2D eigenvalue weighted by atomic mass is 16.6. The van der Waals surface area contributed by atoms with E-state index in [1.54, 1.807) is 14.2 Å². The van der Waals surface area contributed by atoms with Gasteiger partial charge in [0, 0.05) is 12.0 Å². The molecule has 0 heterocycles. The van der Waals surface area contributed by atoms with E-state index in [-0.39, 0.29) is 0 Å².